The quantitative estimate of drug-likeness (QED) is 0.403. The lowest BCUT2D eigenvalue weighted by atomic mass is 10.1. The molecule has 2 aromatic rings. The zero-order chi connectivity index (χ0) is 14.9. The lowest BCUT2D eigenvalue weighted by Gasteiger charge is -1.99. The molecule has 0 aliphatic heterocycles. The summed E-state index contributed by atoms with van der Waals surface area (Å²) in [5.74, 6) is 6.43. The highest BCUT2D eigenvalue weighted by Crippen LogP contribution is 2.08. The number of benzene rings is 2. The number of aryl methyl sites for hydroxylation is 2. The van der Waals surface area contributed by atoms with Crippen molar-refractivity contribution in [3.05, 3.63) is 82.9 Å². The summed E-state index contributed by atoms with van der Waals surface area (Å²) in [4.78, 5) is 0. The van der Waals surface area contributed by atoms with Gasteiger partial charge in [-0.3, -0.25) is 0 Å². The fourth-order valence-electron chi connectivity index (χ4n) is 2.13. The van der Waals surface area contributed by atoms with Crippen LogP contribution in [0.15, 0.2) is 60.7 Å². The van der Waals surface area contributed by atoms with E-state index in [4.69, 9.17) is 0 Å². The topological polar surface area (TPSA) is 0 Å². The van der Waals surface area contributed by atoms with Gasteiger partial charge in [0, 0.05) is 11.1 Å². The predicted molar refractivity (Wildman–Crippen MR) is 91.4 cm³/mol. The van der Waals surface area contributed by atoms with Crippen LogP contribution in [0.3, 0.4) is 0 Å². The monoisotopic (exact) mass is 274 g/mol. The molecule has 21 heavy (non-hydrogen) atoms. The molecule has 2 rings (SSSR count). The standard InChI is InChI=1S/C21H22/c1-3-4-5-6-7-19-12-14-21(15-13-19)17-16-20-10-8-18(2)9-11-20/h3-4,8-15H,5-7H2,1-2H3. The molecule has 2 aromatic carbocycles. The minimum atomic E-state index is 1.07. The van der Waals surface area contributed by atoms with Crippen LogP contribution in [0.25, 0.3) is 0 Å². The molecule has 0 nitrogen and oxygen atoms in total. The Morgan fingerprint density at radius 2 is 1.43 bits per heavy atom. The number of rotatable bonds is 4. The first kappa shape index (κ1) is 15.1. The number of allylic oxidation sites excluding steroid dienone is 2. The van der Waals surface area contributed by atoms with Gasteiger partial charge in [0.25, 0.3) is 0 Å². The van der Waals surface area contributed by atoms with Crippen molar-refractivity contribution >= 4 is 0 Å². The normalized spacial score (nSPS) is 10.4. The lowest BCUT2D eigenvalue weighted by molar-refractivity contribution is 0.842. The van der Waals surface area contributed by atoms with Gasteiger partial charge in [-0.2, -0.15) is 0 Å². The summed E-state index contributed by atoms with van der Waals surface area (Å²) in [6, 6.07) is 16.9. The van der Waals surface area contributed by atoms with Crippen LogP contribution >= 0.6 is 0 Å². The fourth-order valence-corrected chi connectivity index (χ4v) is 2.13. The summed E-state index contributed by atoms with van der Waals surface area (Å²) < 4.78 is 0. The molecular weight excluding hydrogens is 252 g/mol. The van der Waals surface area contributed by atoms with Gasteiger partial charge in [0.2, 0.25) is 0 Å². The fraction of sp³-hybridized carbons (Fsp3) is 0.238. The highest BCUT2D eigenvalue weighted by Gasteiger charge is 1.93. The Labute approximate surface area is 128 Å². The van der Waals surface area contributed by atoms with Gasteiger partial charge in [-0.1, -0.05) is 53.8 Å². The van der Waals surface area contributed by atoms with Crippen LogP contribution in [0, 0.1) is 18.8 Å². The van der Waals surface area contributed by atoms with E-state index in [9.17, 15) is 0 Å². The number of hydrogen-bond donors (Lipinski definition) is 0. The second-order valence-electron chi connectivity index (χ2n) is 5.27. The molecule has 0 aliphatic rings. The van der Waals surface area contributed by atoms with Crippen molar-refractivity contribution in [3.63, 3.8) is 0 Å². The van der Waals surface area contributed by atoms with Crippen molar-refractivity contribution in [2.75, 3.05) is 0 Å². The molecule has 0 heteroatoms. The van der Waals surface area contributed by atoms with E-state index in [-0.39, 0.29) is 0 Å². The second-order valence-corrected chi connectivity index (χ2v) is 5.27. The minimum absolute atomic E-state index is 1.07. The van der Waals surface area contributed by atoms with Crippen molar-refractivity contribution in [2.24, 2.45) is 0 Å². The van der Waals surface area contributed by atoms with Gasteiger partial charge in [0.1, 0.15) is 0 Å². The van der Waals surface area contributed by atoms with Gasteiger partial charge in [-0.05, 0) is 62.9 Å². The van der Waals surface area contributed by atoms with Crippen LogP contribution in [0.5, 0.6) is 0 Å². The zero-order valence-corrected chi connectivity index (χ0v) is 12.9. The molecule has 0 spiro atoms. The number of unbranched alkanes of at least 4 members (excludes halogenated alkanes) is 1. The highest BCUT2D eigenvalue weighted by atomic mass is 14.0. The van der Waals surface area contributed by atoms with Gasteiger partial charge in [0.15, 0.2) is 0 Å². The van der Waals surface area contributed by atoms with Gasteiger partial charge in [-0.15, -0.1) is 0 Å². The van der Waals surface area contributed by atoms with Crippen LogP contribution in [0.1, 0.15) is 42.0 Å². The SMILES string of the molecule is CC=CCCCc1ccc(C#Cc2ccc(C)cc2)cc1. The molecule has 106 valence electrons. The van der Waals surface area contributed by atoms with E-state index < -0.39 is 0 Å². The van der Waals surface area contributed by atoms with E-state index in [1.165, 1.54) is 17.5 Å². The summed E-state index contributed by atoms with van der Waals surface area (Å²) >= 11 is 0. The van der Waals surface area contributed by atoms with Crippen molar-refractivity contribution in [2.45, 2.75) is 33.1 Å². The molecule has 0 radical (unpaired) electrons. The molecular formula is C21H22. The lowest BCUT2D eigenvalue weighted by Crippen LogP contribution is -1.85. The predicted octanol–water partition coefficient (Wildman–Crippen LogP) is 5.29. The van der Waals surface area contributed by atoms with Crippen LogP contribution in [0.4, 0.5) is 0 Å². The molecule has 0 fully saturated rings. The molecule has 0 amide bonds. The Bertz CT molecular complexity index is 631. The maximum absolute atomic E-state index is 3.22. The summed E-state index contributed by atoms with van der Waals surface area (Å²) in [7, 11) is 0. The molecule has 0 atom stereocenters. The third-order valence-corrected chi connectivity index (χ3v) is 3.43. The van der Waals surface area contributed by atoms with Gasteiger partial charge >= 0.3 is 0 Å². The second kappa shape index (κ2) is 8.12. The smallest absolute Gasteiger partial charge is 0.0249 e. The van der Waals surface area contributed by atoms with Crippen LogP contribution < -0.4 is 0 Å². The molecule has 0 saturated heterocycles. The first-order valence-electron chi connectivity index (χ1n) is 7.57. The highest BCUT2D eigenvalue weighted by molar-refractivity contribution is 5.43. The molecule has 0 heterocycles. The first-order valence-corrected chi connectivity index (χ1v) is 7.57. The van der Waals surface area contributed by atoms with E-state index in [0.717, 1.165) is 24.0 Å². The van der Waals surface area contributed by atoms with E-state index in [0.29, 0.717) is 0 Å². The number of hydrogen-bond acceptors (Lipinski definition) is 0. The largest absolute Gasteiger partial charge is 0.0917 e. The Kier molecular flexibility index (Phi) is 5.85. The molecule has 0 N–H and O–H groups in total. The maximum atomic E-state index is 3.22. The summed E-state index contributed by atoms with van der Waals surface area (Å²) in [6.07, 6.45) is 7.84. The Balaban J connectivity index is 1.95. The van der Waals surface area contributed by atoms with Crippen molar-refractivity contribution in [1.82, 2.24) is 0 Å². The van der Waals surface area contributed by atoms with Crippen LogP contribution in [-0.2, 0) is 6.42 Å². The third-order valence-electron chi connectivity index (χ3n) is 3.43. The van der Waals surface area contributed by atoms with Crippen molar-refractivity contribution in [3.8, 4) is 11.8 Å². The van der Waals surface area contributed by atoms with E-state index >= 15 is 0 Å². The third kappa shape index (κ3) is 5.32. The molecule has 0 bridgehead atoms. The van der Waals surface area contributed by atoms with Crippen LogP contribution in [-0.4, -0.2) is 0 Å². The van der Waals surface area contributed by atoms with Crippen molar-refractivity contribution < 1.29 is 0 Å². The van der Waals surface area contributed by atoms with Gasteiger partial charge in [0.05, 0.1) is 0 Å². The summed E-state index contributed by atoms with van der Waals surface area (Å²) in [5.41, 5.74) is 4.80. The Hall–Kier alpha value is -2.26. The minimum Gasteiger partial charge on any atom is -0.0917 e. The summed E-state index contributed by atoms with van der Waals surface area (Å²) in [5, 5.41) is 0. The van der Waals surface area contributed by atoms with Gasteiger partial charge < -0.3 is 0 Å². The van der Waals surface area contributed by atoms with E-state index in [1.807, 2.05) is 0 Å². The molecule has 0 aliphatic carbocycles. The van der Waals surface area contributed by atoms with Crippen molar-refractivity contribution in [1.29, 1.82) is 0 Å². The average molecular weight is 274 g/mol. The van der Waals surface area contributed by atoms with E-state index in [2.05, 4.69) is 86.4 Å². The molecule has 0 aromatic heterocycles. The molecule has 0 saturated carbocycles. The Morgan fingerprint density at radius 3 is 2.00 bits per heavy atom. The molecule has 0 unspecified atom stereocenters. The zero-order valence-electron chi connectivity index (χ0n) is 12.9. The maximum Gasteiger partial charge on any atom is 0.0249 e. The summed E-state index contributed by atoms with van der Waals surface area (Å²) in [6.45, 7) is 4.16. The average Bonchev–Trinajstić information content (AvgIpc) is 2.52. The van der Waals surface area contributed by atoms with Gasteiger partial charge in [-0.25, -0.2) is 0 Å². The Morgan fingerprint density at radius 1 is 0.857 bits per heavy atom. The first-order chi connectivity index (χ1) is 10.3. The van der Waals surface area contributed by atoms with E-state index in [1.54, 1.807) is 0 Å². The van der Waals surface area contributed by atoms with Crippen LogP contribution in [0.2, 0.25) is 0 Å².